The summed E-state index contributed by atoms with van der Waals surface area (Å²) in [6.07, 6.45) is 3.02. The minimum absolute atomic E-state index is 0.159. The van der Waals surface area contributed by atoms with Crippen LogP contribution in [0.25, 0.3) is 0 Å². The topological polar surface area (TPSA) is 94.1 Å². The van der Waals surface area contributed by atoms with Crippen molar-refractivity contribution < 1.29 is 14.3 Å². The van der Waals surface area contributed by atoms with Crippen LogP contribution >= 0.6 is 12.2 Å². The molecule has 1 amide bonds. The summed E-state index contributed by atoms with van der Waals surface area (Å²) >= 11 is 4.92. The Morgan fingerprint density at radius 1 is 1.21 bits per heavy atom. The van der Waals surface area contributed by atoms with Gasteiger partial charge >= 0.3 is 0 Å². The predicted molar refractivity (Wildman–Crippen MR) is 88.0 cm³/mol. The minimum Gasteiger partial charge on any atom is -0.484 e. The summed E-state index contributed by atoms with van der Waals surface area (Å²) in [5.74, 6) is 1.30. The van der Waals surface area contributed by atoms with E-state index in [1.807, 2.05) is 12.1 Å². The third kappa shape index (κ3) is 4.17. The van der Waals surface area contributed by atoms with Crippen molar-refractivity contribution in [2.45, 2.75) is 0 Å². The molecule has 0 saturated heterocycles. The third-order valence-corrected chi connectivity index (χ3v) is 3.14. The van der Waals surface area contributed by atoms with Gasteiger partial charge in [0.2, 0.25) is 10.7 Å². The molecule has 0 fully saturated rings. The molecule has 2 aromatic heterocycles. The smallest absolute Gasteiger partial charge is 0.276 e. The molecule has 1 aromatic carbocycles. The largest absolute Gasteiger partial charge is 0.484 e. The fourth-order valence-electron chi connectivity index (χ4n) is 1.78. The van der Waals surface area contributed by atoms with Crippen LogP contribution in [0.1, 0.15) is 0 Å². The number of aromatic amines is 1. The highest BCUT2D eigenvalue weighted by Gasteiger charge is 2.05. The summed E-state index contributed by atoms with van der Waals surface area (Å²) in [7, 11) is 0. The Labute approximate surface area is 142 Å². The van der Waals surface area contributed by atoms with E-state index in [9.17, 15) is 4.79 Å². The molecular formula is C15H13N5O3S. The van der Waals surface area contributed by atoms with Gasteiger partial charge in [-0.25, -0.2) is 9.66 Å². The van der Waals surface area contributed by atoms with Gasteiger partial charge in [-0.3, -0.25) is 15.3 Å². The maximum atomic E-state index is 11.8. The molecule has 3 rings (SSSR count). The maximum absolute atomic E-state index is 11.8. The first-order chi connectivity index (χ1) is 11.7. The van der Waals surface area contributed by atoms with E-state index < -0.39 is 0 Å². The lowest BCUT2D eigenvalue weighted by Gasteiger charge is -2.08. The Morgan fingerprint density at radius 3 is 2.67 bits per heavy atom. The molecule has 0 bridgehead atoms. The number of H-pyrrole nitrogens is 1. The van der Waals surface area contributed by atoms with Gasteiger partial charge in [-0.05, 0) is 42.5 Å². The van der Waals surface area contributed by atoms with Gasteiger partial charge in [0.25, 0.3) is 5.91 Å². The van der Waals surface area contributed by atoms with Crippen LogP contribution in [0.3, 0.4) is 0 Å². The Bertz CT molecular complexity index is 861. The van der Waals surface area contributed by atoms with Crippen LogP contribution in [0.15, 0.2) is 55.0 Å². The molecule has 2 N–H and O–H groups in total. The fraction of sp³-hybridized carbons (Fsp3) is 0.0667. The molecule has 0 atom stereocenters. The molecule has 122 valence electrons. The first kappa shape index (κ1) is 15.7. The summed E-state index contributed by atoms with van der Waals surface area (Å²) in [6.45, 7) is -0.159. The van der Waals surface area contributed by atoms with Crippen molar-refractivity contribution in [3.05, 3.63) is 59.8 Å². The second-order valence-electron chi connectivity index (χ2n) is 4.60. The highest BCUT2D eigenvalue weighted by molar-refractivity contribution is 7.71. The van der Waals surface area contributed by atoms with Crippen molar-refractivity contribution in [3.63, 3.8) is 0 Å². The summed E-state index contributed by atoms with van der Waals surface area (Å²) in [6, 6.07) is 12.3. The monoisotopic (exact) mass is 343 g/mol. The average molecular weight is 343 g/mol. The number of carbonyl (C=O) groups is 1. The van der Waals surface area contributed by atoms with Gasteiger partial charge in [0.05, 0.1) is 0 Å². The number of carbonyl (C=O) groups excluding carboxylic acids is 1. The van der Waals surface area contributed by atoms with Crippen molar-refractivity contribution in [2.75, 3.05) is 12.0 Å². The summed E-state index contributed by atoms with van der Waals surface area (Å²) in [5.41, 5.74) is 2.53. The van der Waals surface area contributed by atoms with E-state index in [1.54, 1.807) is 36.5 Å². The molecule has 0 radical (unpaired) electrons. The standard InChI is InChI=1S/C15H13N5O3S/c21-13(19-20-10-17-18-15(20)24)9-22-11-4-6-12(7-5-11)23-14-3-1-2-8-16-14/h1-8,10H,9H2,(H,18,24)(H,19,21). The van der Waals surface area contributed by atoms with Crippen molar-refractivity contribution in [2.24, 2.45) is 0 Å². The molecular weight excluding hydrogens is 330 g/mol. The van der Waals surface area contributed by atoms with E-state index >= 15 is 0 Å². The second kappa shape index (κ2) is 7.38. The molecule has 0 unspecified atom stereocenters. The number of nitrogens with zero attached hydrogens (tertiary/aromatic N) is 3. The number of amides is 1. The van der Waals surface area contributed by atoms with Crippen molar-refractivity contribution in [3.8, 4) is 17.4 Å². The van der Waals surface area contributed by atoms with Crippen molar-refractivity contribution >= 4 is 18.1 Å². The van der Waals surface area contributed by atoms with Gasteiger partial charge in [-0.1, -0.05) is 6.07 Å². The number of hydrogen-bond donors (Lipinski definition) is 2. The van der Waals surface area contributed by atoms with Crippen molar-refractivity contribution in [1.29, 1.82) is 0 Å². The molecule has 8 nitrogen and oxygen atoms in total. The number of pyridine rings is 1. The number of ether oxygens (including phenoxy) is 2. The number of rotatable bonds is 6. The van der Waals surface area contributed by atoms with Crippen LogP contribution in [-0.4, -0.2) is 32.4 Å². The summed E-state index contributed by atoms with van der Waals surface area (Å²) < 4.78 is 12.6. The maximum Gasteiger partial charge on any atom is 0.276 e. The third-order valence-electron chi connectivity index (χ3n) is 2.85. The molecule has 24 heavy (non-hydrogen) atoms. The molecule has 0 aliphatic heterocycles. The molecule has 0 aliphatic carbocycles. The molecule has 0 spiro atoms. The number of benzene rings is 1. The highest BCUT2D eigenvalue weighted by Crippen LogP contribution is 2.22. The first-order valence-corrected chi connectivity index (χ1v) is 7.35. The van der Waals surface area contributed by atoms with Crippen LogP contribution in [0, 0.1) is 4.77 Å². The first-order valence-electron chi connectivity index (χ1n) is 6.94. The molecule has 0 saturated carbocycles. The Morgan fingerprint density at radius 2 is 2.00 bits per heavy atom. The van der Waals surface area contributed by atoms with E-state index in [1.165, 1.54) is 11.0 Å². The zero-order valence-electron chi connectivity index (χ0n) is 12.4. The van der Waals surface area contributed by atoms with Crippen LogP contribution in [0.4, 0.5) is 0 Å². The van der Waals surface area contributed by atoms with Gasteiger partial charge in [0.15, 0.2) is 6.61 Å². The van der Waals surface area contributed by atoms with Crippen LogP contribution in [-0.2, 0) is 4.79 Å². The minimum atomic E-state index is -0.360. The normalized spacial score (nSPS) is 10.2. The Kier molecular flexibility index (Phi) is 4.82. The van der Waals surface area contributed by atoms with Gasteiger partial charge < -0.3 is 9.47 Å². The lowest BCUT2D eigenvalue weighted by molar-refractivity contribution is -0.119. The van der Waals surface area contributed by atoms with Gasteiger partial charge in [0.1, 0.15) is 17.8 Å². The molecule has 2 heterocycles. The lowest BCUT2D eigenvalue weighted by atomic mass is 10.3. The van der Waals surface area contributed by atoms with Gasteiger partial charge in [0, 0.05) is 12.3 Å². The quantitative estimate of drug-likeness (QED) is 0.667. The highest BCUT2D eigenvalue weighted by atomic mass is 32.1. The van der Waals surface area contributed by atoms with Crippen molar-refractivity contribution in [1.82, 2.24) is 19.9 Å². The predicted octanol–water partition coefficient (Wildman–Crippen LogP) is 2.28. The van der Waals surface area contributed by atoms with Crippen LogP contribution < -0.4 is 14.9 Å². The molecule has 3 aromatic rings. The zero-order valence-corrected chi connectivity index (χ0v) is 13.2. The molecule has 9 heteroatoms. The Hall–Kier alpha value is -3.20. The van der Waals surface area contributed by atoms with E-state index in [-0.39, 0.29) is 12.5 Å². The van der Waals surface area contributed by atoms with E-state index in [4.69, 9.17) is 21.7 Å². The van der Waals surface area contributed by atoms with E-state index in [2.05, 4.69) is 20.6 Å². The van der Waals surface area contributed by atoms with Gasteiger partial charge in [-0.2, -0.15) is 5.10 Å². The van der Waals surface area contributed by atoms with Gasteiger partial charge in [-0.15, -0.1) is 0 Å². The van der Waals surface area contributed by atoms with E-state index in [0.29, 0.717) is 22.2 Å². The number of aromatic nitrogens is 4. The summed E-state index contributed by atoms with van der Waals surface area (Å²) in [5, 5.41) is 6.22. The van der Waals surface area contributed by atoms with Crippen LogP contribution in [0.5, 0.6) is 17.4 Å². The van der Waals surface area contributed by atoms with Crippen LogP contribution in [0.2, 0.25) is 0 Å². The zero-order chi connectivity index (χ0) is 16.8. The average Bonchev–Trinajstić information content (AvgIpc) is 3.00. The fourth-order valence-corrected chi connectivity index (χ4v) is 1.92. The summed E-state index contributed by atoms with van der Waals surface area (Å²) in [4.78, 5) is 15.8. The van der Waals surface area contributed by atoms with E-state index in [0.717, 1.165) is 0 Å². The SMILES string of the molecule is O=C(COc1ccc(Oc2ccccn2)cc1)Nn1cn[nH]c1=S. The second-order valence-corrected chi connectivity index (χ2v) is 4.98. The Balaban J connectivity index is 1.52. The molecule has 0 aliphatic rings. The number of hydrogen-bond acceptors (Lipinski definition) is 6. The lowest BCUT2D eigenvalue weighted by Crippen LogP contribution is -2.27. The number of nitrogens with one attached hydrogen (secondary N) is 2.